The first kappa shape index (κ1) is 22.5. The van der Waals surface area contributed by atoms with E-state index in [-0.39, 0.29) is 28.7 Å². The molecule has 1 aromatic rings. The molecule has 33 heavy (non-hydrogen) atoms. The number of rotatable bonds is 5. The maximum atomic E-state index is 12.8. The average molecular weight is 451 g/mol. The number of hydrogen-bond acceptors (Lipinski definition) is 4. The molecule has 4 aliphatic rings. The van der Waals surface area contributed by atoms with Gasteiger partial charge >= 0.3 is 0 Å². The number of hydrogen-bond donors (Lipinski definition) is 2. The van der Waals surface area contributed by atoms with Crippen LogP contribution in [-0.2, 0) is 16.0 Å². The molecule has 178 valence electrons. The van der Waals surface area contributed by atoms with E-state index in [9.17, 15) is 9.59 Å². The van der Waals surface area contributed by atoms with Gasteiger partial charge in [-0.3, -0.25) is 19.6 Å². The number of nitrogens with one attached hydrogen (secondary N) is 2. The van der Waals surface area contributed by atoms with Gasteiger partial charge in [-0.1, -0.05) is 19.9 Å². The molecule has 0 unspecified atom stereocenters. The standard InChI is InChI=1S/C27H38N4O2/c1-17-15-30-19(16-29-17)10-13-28-25(33)14-18-4-6-21-20-5-7-23-27(3,12-9-24(32)31-23)22(20)8-11-26(18,21)2/h9,12,15-16,18,20-23H,4-8,10-11,13-14H2,1-3H3,(H,28,33)(H,31,32)/t18-,20+,21+,22+,23-,26-,27-/m1/s1. The number of fused-ring (bicyclic) bond motifs is 5. The van der Waals surface area contributed by atoms with Crippen LogP contribution in [-0.4, -0.2) is 34.4 Å². The Labute approximate surface area is 197 Å². The molecule has 0 saturated heterocycles. The summed E-state index contributed by atoms with van der Waals surface area (Å²) < 4.78 is 0. The van der Waals surface area contributed by atoms with Gasteiger partial charge in [-0.15, -0.1) is 0 Å². The quantitative estimate of drug-likeness (QED) is 0.716. The van der Waals surface area contributed by atoms with E-state index in [0.29, 0.717) is 36.6 Å². The second kappa shape index (κ2) is 8.52. The van der Waals surface area contributed by atoms with Crippen LogP contribution in [0.4, 0.5) is 0 Å². The summed E-state index contributed by atoms with van der Waals surface area (Å²) in [6, 6.07) is 0.279. The van der Waals surface area contributed by atoms with Crippen molar-refractivity contribution in [3.05, 3.63) is 35.9 Å². The second-order valence-electron chi connectivity index (χ2n) is 11.5. The lowest BCUT2D eigenvalue weighted by molar-refractivity contribution is -0.125. The molecular weight excluding hydrogens is 412 g/mol. The van der Waals surface area contributed by atoms with Crippen LogP contribution in [0.5, 0.6) is 0 Å². The van der Waals surface area contributed by atoms with Gasteiger partial charge in [0.1, 0.15) is 0 Å². The number of carbonyl (C=O) groups is 2. The zero-order valence-electron chi connectivity index (χ0n) is 20.3. The fraction of sp³-hybridized carbons (Fsp3) is 0.704. The Bertz CT molecular complexity index is 944. The van der Waals surface area contributed by atoms with Crippen LogP contribution in [0.1, 0.15) is 70.2 Å². The summed E-state index contributed by atoms with van der Waals surface area (Å²) in [6.45, 7) is 7.38. The molecule has 3 saturated carbocycles. The Hall–Kier alpha value is -2.24. The number of aryl methyl sites for hydroxylation is 1. The van der Waals surface area contributed by atoms with Crippen LogP contribution < -0.4 is 10.6 Å². The molecule has 0 spiro atoms. The van der Waals surface area contributed by atoms with Crippen LogP contribution in [0, 0.1) is 41.4 Å². The third-order valence-electron chi connectivity index (χ3n) is 9.85. The van der Waals surface area contributed by atoms with Gasteiger partial charge < -0.3 is 10.6 Å². The largest absolute Gasteiger partial charge is 0.356 e. The van der Waals surface area contributed by atoms with E-state index in [1.54, 1.807) is 18.5 Å². The van der Waals surface area contributed by atoms with E-state index >= 15 is 0 Å². The van der Waals surface area contributed by atoms with E-state index in [4.69, 9.17) is 0 Å². The lowest BCUT2D eigenvalue weighted by atomic mass is 9.48. The van der Waals surface area contributed by atoms with Crippen molar-refractivity contribution in [1.82, 2.24) is 20.6 Å². The van der Waals surface area contributed by atoms with E-state index in [1.807, 2.05) is 6.92 Å². The molecule has 1 aromatic heterocycles. The highest BCUT2D eigenvalue weighted by Crippen LogP contribution is 2.65. The van der Waals surface area contributed by atoms with Crippen LogP contribution in [0.25, 0.3) is 0 Å². The minimum atomic E-state index is 0.0675. The molecule has 7 atom stereocenters. The third kappa shape index (κ3) is 4.00. The number of aromatic nitrogens is 2. The monoisotopic (exact) mass is 450 g/mol. The molecule has 3 aliphatic carbocycles. The van der Waals surface area contributed by atoms with Crippen LogP contribution in [0.3, 0.4) is 0 Å². The molecule has 2 heterocycles. The van der Waals surface area contributed by atoms with Crippen molar-refractivity contribution in [2.24, 2.45) is 34.5 Å². The minimum Gasteiger partial charge on any atom is -0.356 e. The predicted octanol–water partition coefficient (Wildman–Crippen LogP) is 3.75. The van der Waals surface area contributed by atoms with Gasteiger partial charge in [0.25, 0.3) is 0 Å². The van der Waals surface area contributed by atoms with Crippen LogP contribution >= 0.6 is 0 Å². The van der Waals surface area contributed by atoms with Gasteiger partial charge in [0.05, 0.1) is 11.4 Å². The normalized spacial score (nSPS) is 39.2. The molecule has 1 aliphatic heterocycles. The first-order valence-corrected chi connectivity index (χ1v) is 12.8. The topological polar surface area (TPSA) is 84.0 Å². The van der Waals surface area contributed by atoms with Gasteiger partial charge in [0, 0.05) is 43.2 Å². The van der Waals surface area contributed by atoms with Crippen LogP contribution in [0.2, 0.25) is 0 Å². The van der Waals surface area contributed by atoms with Gasteiger partial charge in [-0.25, -0.2) is 0 Å². The van der Waals surface area contributed by atoms with E-state index < -0.39 is 0 Å². The number of carbonyl (C=O) groups excluding carboxylic acids is 2. The van der Waals surface area contributed by atoms with Crippen LogP contribution in [0.15, 0.2) is 24.5 Å². The zero-order chi connectivity index (χ0) is 23.2. The minimum absolute atomic E-state index is 0.0675. The Morgan fingerprint density at radius 2 is 1.97 bits per heavy atom. The summed E-state index contributed by atoms with van der Waals surface area (Å²) in [6.07, 6.45) is 16.0. The fourth-order valence-corrected chi connectivity index (χ4v) is 7.95. The molecule has 6 nitrogen and oxygen atoms in total. The Balaban J connectivity index is 1.20. The second-order valence-corrected chi connectivity index (χ2v) is 11.5. The van der Waals surface area contributed by atoms with Crippen molar-refractivity contribution in [2.45, 2.75) is 78.2 Å². The summed E-state index contributed by atoms with van der Waals surface area (Å²) in [5, 5.41) is 6.38. The van der Waals surface area contributed by atoms with Gasteiger partial charge in [-0.05, 0) is 80.6 Å². The number of nitrogens with zero attached hydrogens (tertiary/aromatic N) is 2. The van der Waals surface area contributed by atoms with Gasteiger partial charge in [-0.2, -0.15) is 0 Å². The lowest BCUT2D eigenvalue weighted by Gasteiger charge is -2.59. The van der Waals surface area contributed by atoms with E-state index in [1.165, 1.54) is 25.7 Å². The SMILES string of the molecule is Cc1cnc(CCNC(=O)C[C@H]2CC[C@H]3[C@@H]4CC[C@H]5NC(=O)C=C[C@]5(C)[C@H]4CC[C@]23C)cn1. The highest BCUT2D eigenvalue weighted by Gasteiger charge is 2.59. The zero-order valence-corrected chi connectivity index (χ0v) is 20.3. The molecule has 0 bridgehead atoms. The Morgan fingerprint density at radius 3 is 2.76 bits per heavy atom. The highest BCUT2D eigenvalue weighted by atomic mass is 16.2. The molecule has 0 aromatic carbocycles. The summed E-state index contributed by atoms with van der Waals surface area (Å²) in [4.78, 5) is 33.4. The Morgan fingerprint density at radius 1 is 1.12 bits per heavy atom. The lowest BCUT2D eigenvalue weighted by Crippen LogP contribution is -2.59. The average Bonchev–Trinajstić information content (AvgIpc) is 3.12. The van der Waals surface area contributed by atoms with Crippen molar-refractivity contribution in [3.8, 4) is 0 Å². The van der Waals surface area contributed by atoms with Crippen molar-refractivity contribution in [2.75, 3.05) is 6.54 Å². The van der Waals surface area contributed by atoms with Crippen molar-refractivity contribution in [3.63, 3.8) is 0 Å². The molecule has 0 radical (unpaired) electrons. The molecule has 5 rings (SSSR count). The smallest absolute Gasteiger partial charge is 0.243 e. The van der Waals surface area contributed by atoms with Crippen molar-refractivity contribution in [1.29, 1.82) is 0 Å². The van der Waals surface area contributed by atoms with Gasteiger partial charge in [0.2, 0.25) is 11.8 Å². The summed E-state index contributed by atoms with van der Waals surface area (Å²) in [7, 11) is 0. The van der Waals surface area contributed by atoms with Crippen molar-refractivity contribution >= 4 is 11.8 Å². The Kier molecular flexibility index (Phi) is 5.82. The summed E-state index contributed by atoms with van der Waals surface area (Å²) in [5.41, 5.74) is 2.16. The maximum absolute atomic E-state index is 12.8. The summed E-state index contributed by atoms with van der Waals surface area (Å²) in [5.74, 6) is 2.75. The van der Waals surface area contributed by atoms with Crippen molar-refractivity contribution < 1.29 is 9.59 Å². The highest BCUT2D eigenvalue weighted by molar-refractivity contribution is 5.89. The molecule has 6 heteroatoms. The molecule has 3 fully saturated rings. The van der Waals surface area contributed by atoms with Gasteiger partial charge in [0.15, 0.2) is 0 Å². The van der Waals surface area contributed by atoms with E-state index in [2.05, 4.69) is 40.5 Å². The van der Waals surface area contributed by atoms with E-state index in [0.717, 1.165) is 30.7 Å². The third-order valence-corrected chi connectivity index (χ3v) is 9.85. The predicted molar refractivity (Wildman–Crippen MR) is 127 cm³/mol. The fourth-order valence-electron chi connectivity index (χ4n) is 7.95. The molecular formula is C27H38N4O2. The first-order valence-electron chi connectivity index (χ1n) is 12.8. The molecule has 2 N–H and O–H groups in total. The first-order chi connectivity index (χ1) is 15.8. The summed E-state index contributed by atoms with van der Waals surface area (Å²) >= 11 is 0. The molecule has 2 amide bonds. The maximum Gasteiger partial charge on any atom is 0.243 e. The number of amides is 2.